The molecule has 0 aromatic carbocycles. The summed E-state index contributed by atoms with van der Waals surface area (Å²) in [6.07, 6.45) is 4.43. The second-order valence-electron chi connectivity index (χ2n) is 5.23. The lowest BCUT2D eigenvalue weighted by Gasteiger charge is -2.23. The minimum Gasteiger partial charge on any atom is -0.480 e. The highest BCUT2D eigenvalue weighted by Crippen LogP contribution is 2.23. The topological polar surface area (TPSA) is 71.5 Å². The van der Waals surface area contributed by atoms with E-state index in [0.29, 0.717) is 18.1 Å². The number of carbonyl (C=O) groups excluding carboxylic acids is 2. The summed E-state index contributed by atoms with van der Waals surface area (Å²) in [4.78, 5) is 30.1. The van der Waals surface area contributed by atoms with Gasteiger partial charge in [0.25, 0.3) is 0 Å². The third kappa shape index (κ3) is 3.32. The van der Waals surface area contributed by atoms with Gasteiger partial charge in [-0.05, 0) is 37.8 Å². The summed E-state index contributed by atoms with van der Waals surface area (Å²) in [6, 6.07) is 1.90. The van der Waals surface area contributed by atoms with Crippen LogP contribution < -0.4 is 10.1 Å². The van der Waals surface area contributed by atoms with Crippen LogP contribution in [0.2, 0.25) is 0 Å². The number of nitrogens with one attached hydrogen (secondary N) is 1. The number of amides is 2. The number of aromatic nitrogens is 1. The first kappa shape index (κ1) is 15.3. The van der Waals surface area contributed by atoms with E-state index >= 15 is 0 Å². The SMILES string of the molecule is CCC1CCCN1C(=O)C(=O)Nc1cc(C)cnc1OC. The fraction of sp³-hybridized carbons (Fsp3) is 0.533. The lowest BCUT2D eigenvalue weighted by Crippen LogP contribution is -2.42. The Hall–Kier alpha value is -2.11. The second-order valence-corrected chi connectivity index (χ2v) is 5.23. The van der Waals surface area contributed by atoms with Crippen molar-refractivity contribution in [3.8, 4) is 5.88 Å². The predicted octanol–water partition coefficient (Wildman–Crippen LogP) is 1.74. The zero-order valence-electron chi connectivity index (χ0n) is 12.7. The van der Waals surface area contributed by atoms with Crippen molar-refractivity contribution >= 4 is 17.5 Å². The number of aryl methyl sites for hydroxylation is 1. The maximum atomic E-state index is 12.3. The molecule has 0 radical (unpaired) electrons. The summed E-state index contributed by atoms with van der Waals surface area (Å²) in [7, 11) is 1.47. The molecule has 1 unspecified atom stereocenters. The average molecular weight is 291 g/mol. The van der Waals surface area contributed by atoms with Gasteiger partial charge >= 0.3 is 11.8 Å². The molecule has 21 heavy (non-hydrogen) atoms. The number of likely N-dealkylation sites (tertiary alicyclic amines) is 1. The van der Waals surface area contributed by atoms with Crippen LogP contribution in [0.1, 0.15) is 31.7 Å². The van der Waals surface area contributed by atoms with Crippen LogP contribution in [0.15, 0.2) is 12.3 Å². The number of rotatable bonds is 3. The Labute approximate surface area is 124 Å². The van der Waals surface area contributed by atoms with Gasteiger partial charge < -0.3 is 15.0 Å². The zero-order chi connectivity index (χ0) is 15.4. The minimum atomic E-state index is -0.638. The summed E-state index contributed by atoms with van der Waals surface area (Å²) in [5.74, 6) is -0.820. The molecule has 1 fully saturated rings. The van der Waals surface area contributed by atoms with Crippen LogP contribution in [0.25, 0.3) is 0 Å². The number of methoxy groups -OCH3 is 1. The second kappa shape index (κ2) is 6.56. The van der Waals surface area contributed by atoms with E-state index in [0.717, 1.165) is 24.8 Å². The van der Waals surface area contributed by atoms with Crippen molar-refractivity contribution in [2.45, 2.75) is 39.2 Å². The molecular weight excluding hydrogens is 270 g/mol. The molecular formula is C15H21N3O3. The molecule has 0 bridgehead atoms. The van der Waals surface area contributed by atoms with E-state index < -0.39 is 11.8 Å². The van der Waals surface area contributed by atoms with Crippen LogP contribution >= 0.6 is 0 Å². The molecule has 1 atom stereocenters. The molecule has 2 amide bonds. The monoisotopic (exact) mass is 291 g/mol. The van der Waals surface area contributed by atoms with Gasteiger partial charge in [-0.3, -0.25) is 9.59 Å². The molecule has 1 N–H and O–H groups in total. The molecule has 6 nitrogen and oxygen atoms in total. The van der Waals surface area contributed by atoms with Crippen molar-refractivity contribution in [2.24, 2.45) is 0 Å². The van der Waals surface area contributed by atoms with Crippen LogP contribution in [-0.2, 0) is 9.59 Å². The summed E-state index contributed by atoms with van der Waals surface area (Å²) < 4.78 is 5.10. The maximum absolute atomic E-state index is 12.3. The van der Waals surface area contributed by atoms with Crippen LogP contribution in [0.4, 0.5) is 5.69 Å². The Bertz CT molecular complexity index is 545. The molecule has 1 saturated heterocycles. The first-order valence-electron chi connectivity index (χ1n) is 7.19. The molecule has 2 rings (SSSR count). The third-order valence-electron chi connectivity index (χ3n) is 3.73. The van der Waals surface area contributed by atoms with Crippen LogP contribution in [0.5, 0.6) is 5.88 Å². The summed E-state index contributed by atoms with van der Waals surface area (Å²) in [6.45, 7) is 4.53. The molecule has 0 aliphatic carbocycles. The quantitative estimate of drug-likeness (QED) is 0.861. The highest BCUT2D eigenvalue weighted by atomic mass is 16.5. The van der Waals surface area contributed by atoms with Crippen LogP contribution in [-0.4, -0.2) is 41.4 Å². The van der Waals surface area contributed by atoms with Crippen molar-refractivity contribution in [2.75, 3.05) is 19.0 Å². The van der Waals surface area contributed by atoms with Gasteiger partial charge in [-0.1, -0.05) is 6.92 Å². The van der Waals surface area contributed by atoms with Gasteiger partial charge in [0, 0.05) is 18.8 Å². The van der Waals surface area contributed by atoms with E-state index in [-0.39, 0.29) is 6.04 Å². The minimum absolute atomic E-state index is 0.167. The van der Waals surface area contributed by atoms with Crippen molar-refractivity contribution in [1.29, 1.82) is 0 Å². The van der Waals surface area contributed by atoms with Crippen LogP contribution in [0.3, 0.4) is 0 Å². The Morgan fingerprint density at radius 2 is 2.29 bits per heavy atom. The van der Waals surface area contributed by atoms with Gasteiger partial charge in [0.1, 0.15) is 5.69 Å². The van der Waals surface area contributed by atoms with E-state index in [1.54, 1.807) is 17.2 Å². The Balaban J connectivity index is 2.11. The third-order valence-corrected chi connectivity index (χ3v) is 3.73. The molecule has 1 aliphatic rings. The Morgan fingerprint density at radius 1 is 1.52 bits per heavy atom. The summed E-state index contributed by atoms with van der Waals surface area (Å²) in [5, 5.41) is 2.61. The van der Waals surface area contributed by atoms with Crippen LogP contribution in [0, 0.1) is 6.92 Å². The average Bonchev–Trinajstić information content (AvgIpc) is 2.95. The highest BCUT2D eigenvalue weighted by molar-refractivity contribution is 6.39. The number of carbonyl (C=O) groups is 2. The Morgan fingerprint density at radius 3 is 2.95 bits per heavy atom. The van der Waals surface area contributed by atoms with Crippen molar-refractivity contribution in [1.82, 2.24) is 9.88 Å². The van der Waals surface area contributed by atoms with E-state index in [1.165, 1.54) is 7.11 Å². The lowest BCUT2D eigenvalue weighted by atomic mass is 10.2. The Kier molecular flexibility index (Phi) is 4.77. The highest BCUT2D eigenvalue weighted by Gasteiger charge is 2.31. The van der Waals surface area contributed by atoms with Gasteiger partial charge in [-0.15, -0.1) is 0 Å². The zero-order valence-corrected chi connectivity index (χ0v) is 12.7. The standard InChI is InChI=1S/C15H21N3O3/c1-4-11-6-5-7-18(11)15(20)13(19)17-12-8-10(2)9-16-14(12)21-3/h8-9,11H,4-7H2,1-3H3,(H,17,19). The molecule has 1 aromatic rings. The maximum Gasteiger partial charge on any atom is 0.314 e. The van der Waals surface area contributed by atoms with E-state index in [2.05, 4.69) is 10.3 Å². The smallest absolute Gasteiger partial charge is 0.314 e. The number of ether oxygens (including phenoxy) is 1. The molecule has 114 valence electrons. The number of hydrogen-bond donors (Lipinski definition) is 1. The van der Waals surface area contributed by atoms with Gasteiger partial charge in [-0.25, -0.2) is 4.98 Å². The molecule has 6 heteroatoms. The fourth-order valence-electron chi connectivity index (χ4n) is 2.64. The van der Waals surface area contributed by atoms with E-state index in [9.17, 15) is 9.59 Å². The first-order valence-corrected chi connectivity index (χ1v) is 7.19. The van der Waals surface area contributed by atoms with Gasteiger partial charge in [-0.2, -0.15) is 0 Å². The molecule has 0 saturated carbocycles. The molecule has 1 aromatic heterocycles. The van der Waals surface area contributed by atoms with Crippen molar-refractivity contribution < 1.29 is 14.3 Å². The van der Waals surface area contributed by atoms with Crippen molar-refractivity contribution in [3.05, 3.63) is 17.8 Å². The van der Waals surface area contributed by atoms with Gasteiger partial charge in [0.15, 0.2) is 0 Å². The first-order chi connectivity index (χ1) is 10.1. The van der Waals surface area contributed by atoms with E-state index in [1.807, 2.05) is 13.8 Å². The normalized spacial score (nSPS) is 17.7. The van der Waals surface area contributed by atoms with Gasteiger partial charge in [0.2, 0.25) is 5.88 Å². The lowest BCUT2D eigenvalue weighted by molar-refractivity contribution is -0.143. The largest absolute Gasteiger partial charge is 0.480 e. The number of anilines is 1. The fourth-order valence-corrected chi connectivity index (χ4v) is 2.64. The van der Waals surface area contributed by atoms with Gasteiger partial charge in [0.05, 0.1) is 7.11 Å². The number of pyridine rings is 1. The summed E-state index contributed by atoms with van der Waals surface area (Å²) >= 11 is 0. The number of nitrogens with zero attached hydrogens (tertiary/aromatic N) is 2. The molecule has 1 aliphatic heterocycles. The number of hydrogen-bond acceptors (Lipinski definition) is 4. The van der Waals surface area contributed by atoms with Crippen molar-refractivity contribution in [3.63, 3.8) is 0 Å². The summed E-state index contributed by atoms with van der Waals surface area (Å²) in [5.41, 5.74) is 1.30. The molecule has 2 heterocycles. The molecule has 0 spiro atoms. The van der Waals surface area contributed by atoms with E-state index in [4.69, 9.17) is 4.74 Å². The predicted molar refractivity (Wildman–Crippen MR) is 79.2 cm³/mol.